The Bertz CT molecular complexity index is 506. The maximum absolute atomic E-state index is 12.4. The lowest BCUT2D eigenvalue weighted by atomic mass is 10.1. The minimum Gasteiger partial charge on any atom is -0.387 e. The quantitative estimate of drug-likeness (QED) is 0.835. The molecule has 0 radical (unpaired) electrons. The number of benzene rings is 1. The smallest absolute Gasteiger partial charge is 0.242 e. The Morgan fingerprint density at radius 3 is 2.32 bits per heavy atom. The maximum Gasteiger partial charge on any atom is 0.242 e. The molecular weight excluding hydrogens is 260 g/mol. The van der Waals surface area contributed by atoms with Crippen LogP contribution >= 0.6 is 0 Å². The highest BCUT2D eigenvalue weighted by Gasteiger charge is 2.22. The number of sulfonamides is 1. The molecule has 0 aromatic heterocycles. The van der Waals surface area contributed by atoms with Gasteiger partial charge in [0, 0.05) is 13.1 Å². The van der Waals surface area contributed by atoms with Gasteiger partial charge in [0.25, 0.3) is 0 Å². The van der Waals surface area contributed by atoms with E-state index in [1.165, 1.54) is 12.8 Å². The fourth-order valence-electron chi connectivity index (χ4n) is 2.59. The zero-order valence-electron chi connectivity index (χ0n) is 11.4. The third kappa shape index (κ3) is 3.70. The first-order valence-corrected chi connectivity index (χ1v) is 8.41. The van der Waals surface area contributed by atoms with E-state index in [-0.39, 0.29) is 6.04 Å². The highest BCUT2D eigenvalue weighted by atomic mass is 32.2. The second-order valence-electron chi connectivity index (χ2n) is 5.06. The molecule has 0 aliphatic heterocycles. The molecule has 1 aliphatic carbocycles. The molecule has 2 N–H and O–H groups in total. The first kappa shape index (κ1) is 14.3. The van der Waals surface area contributed by atoms with Gasteiger partial charge in [0.15, 0.2) is 0 Å². The van der Waals surface area contributed by atoms with E-state index < -0.39 is 10.0 Å². The normalized spacial score (nSPS) is 17.9. The summed E-state index contributed by atoms with van der Waals surface area (Å²) in [5.41, 5.74) is 0.642. The molecule has 4 nitrogen and oxygen atoms in total. The summed E-state index contributed by atoms with van der Waals surface area (Å²) in [6.45, 7) is 0. The summed E-state index contributed by atoms with van der Waals surface area (Å²) in [6, 6.07) is 7.09. The van der Waals surface area contributed by atoms with E-state index in [0.29, 0.717) is 10.6 Å². The van der Waals surface area contributed by atoms with Crippen molar-refractivity contribution in [1.29, 1.82) is 0 Å². The van der Waals surface area contributed by atoms with Crippen molar-refractivity contribution in [3.05, 3.63) is 24.3 Å². The van der Waals surface area contributed by atoms with E-state index in [1.807, 2.05) is 6.07 Å². The summed E-state index contributed by atoms with van der Waals surface area (Å²) < 4.78 is 27.7. The van der Waals surface area contributed by atoms with Gasteiger partial charge in [-0.25, -0.2) is 13.1 Å². The Morgan fingerprint density at radius 1 is 1.05 bits per heavy atom. The summed E-state index contributed by atoms with van der Waals surface area (Å²) in [5.74, 6) is 0. The lowest BCUT2D eigenvalue weighted by molar-refractivity contribution is 0.510. The van der Waals surface area contributed by atoms with Gasteiger partial charge in [-0.05, 0) is 25.0 Å². The second kappa shape index (κ2) is 6.39. The van der Waals surface area contributed by atoms with E-state index in [0.717, 1.165) is 25.7 Å². The summed E-state index contributed by atoms with van der Waals surface area (Å²) in [5, 5.41) is 2.93. The topological polar surface area (TPSA) is 58.2 Å². The summed E-state index contributed by atoms with van der Waals surface area (Å²) >= 11 is 0. The van der Waals surface area contributed by atoms with Crippen molar-refractivity contribution < 1.29 is 8.42 Å². The molecule has 1 aliphatic rings. The number of hydrogen-bond donors (Lipinski definition) is 2. The minimum atomic E-state index is -3.43. The molecule has 0 atom stereocenters. The van der Waals surface area contributed by atoms with Gasteiger partial charge in [-0.15, -0.1) is 0 Å². The van der Waals surface area contributed by atoms with Gasteiger partial charge in [-0.1, -0.05) is 37.8 Å². The molecule has 1 fully saturated rings. The van der Waals surface area contributed by atoms with Crippen molar-refractivity contribution in [2.24, 2.45) is 0 Å². The standard InChI is InChI=1S/C14H22N2O2S/c1-15-13-10-6-7-11-14(13)19(17,18)16-12-8-4-2-3-5-9-12/h6-7,10-12,15-16H,2-5,8-9H2,1H3. The fraction of sp³-hybridized carbons (Fsp3) is 0.571. The van der Waals surface area contributed by atoms with Crippen LogP contribution in [-0.4, -0.2) is 21.5 Å². The van der Waals surface area contributed by atoms with Crippen molar-refractivity contribution in [3.63, 3.8) is 0 Å². The zero-order chi connectivity index (χ0) is 13.7. The predicted octanol–water partition coefficient (Wildman–Crippen LogP) is 2.73. The molecular formula is C14H22N2O2S. The molecule has 0 bridgehead atoms. The molecule has 1 aromatic carbocycles. The molecule has 19 heavy (non-hydrogen) atoms. The van der Waals surface area contributed by atoms with Crippen LogP contribution in [0.5, 0.6) is 0 Å². The largest absolute Gasteiger partial charge is 0.387 e. The molecule has 106 valence electrons. The molecule has 5 heteroatoms. The van der Waals surface area contributed by atoms with E-state index in [1.54, 1.807) is 25.2 Å². The number of nitrogens with one attached hydrogen (secondary N) is 2. The van der Waals surface area contributed by atoms with E-state index in [9.17, 15) is 8.42 Å². The number of anilines is 1. The maximum atomic E-state index is 12.4. The molecule has 1 aromatic rings. The fourth-order valence-corrected chi connectivity index (χ4v) is 4.11. The lowest BCUT2D eigenvalue weighted by Gasteiger charge is -2.17. The number of para-hydroxylation sites is 1. The first-order valence-electron chi connectivity index (χ1n) is 6.92. The van der Waals surface area contributed by atoms with E-state index in [4.69, 9.17) is 0 Å². The summed E-state index contributed by atoms with van der Waals surface area (Å²) in [6.07, 6.45) is 6.54. The molecule has 0 amide bonds. The van der Waals surface area contributed by atoms with Gasteiger partial charge < -0.3 is 5.32 Å². The Morgan fingerprint density at radius 2 is 1.68 bits per heavy atom. The lowest BCUT2D eigenvalue weighted by Crippen LogP contribution is -2.34. The van der Waals surface area contributed by atoms with E-state index in [2.05, 4.69) is 10.0 Å². The number of rotatable bonds is 4. The van der Waals surface area contributed by atoms with Crippen LogP contribution in [0.1, 0.15) is 38.5 Å². The van der Waals surface area contributed by atoms with Crippen LogP contribution in [0.2, 0.25) is 0 Å². The third-order valence-electron chi connectivity index (χ3n) is 3.62. The van der Waals surface area contributed by atoms with Crippen LogP contribution < -0.4 is 10.0 Å². The van der Waals surface area contributed by atoms with Gasteiger partial charge in [0.2, 0.25) is 10.0 Å². The summed E-state index contributed by atoms with van der Waals surface area (Å²) in [7, 11) is -1.70. The predicted molar refractivity (Wildman–Crippen MR) is 77.8 cm³/mol. The third-order valence-corrected chi connectivity index (χ3v) is 5.20. The van der Waals surface area contributed by atoms with Crippen LogP contribution in [0.25, 0.3) is 0 Å². The van der Waals surface area contributed by atoms with Crippen LogP contribution in [-0.2, 0) is 10.0 Å². The summed E-state index contributed by atoms with van der Waals surface area (Å²) in [4.78, 5) is 0.335. The average Bonchev–Trinajstić information content (AvgIpc) is 2.67. The van der Waals surface area contributed by atoms with E-state index >= 15 is 0 Å². The van der Waals surface area contributed by atoms with Gasteiger partial charge in [-0.3, -0.25) is 0 Å². The van der Waals surface area contributed by atoms with Crippen LogP contribution in [0.15, 0.2) is 29.2 Å². The van der Waals surface area contributed by atoms with Crippen molar-refractivity contribution in [2.75, 3.05) is 12.4 Å². The molecule has 2 rings (SSSR count). The van der Waals surface area contributed by atoms with Crippen molar-refractivity contribution in [1.82, 2.24) is 4.72 Å². The highest BCUT2D eigenvalue weighted by molar-refractivity contribution is 7.89. The average molecular weight is 282 g/mol. The monoisotopic (exact) mass is 282 g/mol. The van der Waals surface area contributed by atoms with Gasteiger partial charge in [0.05, 0.1) is 5.69 Å². The van der Waals surface area contributed by atoms with Crippen LogP contribution in [0.4, 0.5) is 5.69 Å². The Kier molecular flexibility index (Phi) is 4.82. The first-order chi connectivity index (χ1) is 9.13. The van der Waals surface area contributed by atoms with Crippen molar-refractivity contribution in [3.8, 4) is 0 Å². The zero-order valence-corrected chi connectivity index (χ0v) is 12.2. The molecule has 0 spiro atoms. The van der Waals surface area contributed by atoms with Crippen molar-refractivity contribution in [2.45, 2.75) is 49.5 Å². The molecule has 1 saturated carbocycles. The minimum absolute atomic E-state index is 0.0809. The second-order valence-corrected chi connectivity index (χ2v) is 6.74. The highest BCUT2D eigenvalue weighted by Crippen LogP contribution is 2.23. The Hall–Kier alpha value is -1.07. The SMILES string of the molecule is CNc1ccccc1S(=O)(=O)NC1CCCCCC1. The van der Waals surface area contributed by atoms with Gasteiger partial charge in [-0.2, -0.15) is 0 Å². The molecule has 0 heterocycles. The Balaban J connectivity index is 2.17. The molecule has 0 saturated heterocycles. The van der Waals surface area contributed by atoms with Gasteiger partial charge in [0.1, 0.15) is 4.90 Å². The Labute approximate surface area is 115 Å². The van der Waals surface area contributed by atoms with Crippen LogP contribution in [0, 0.1) is 0 Å². The number of hydrogen-bond acceptors (Lipinski definition) is 3. The van der Waals surface area contributed by atoms with Crippen molar-refractivity contribution >= 4 is 15.7 Å². The molecule has 0 unspecified atom stereocenters. The van der Waals surface area contributed by atoms with Crippen LogP contribution in [0.3, 0.4) is 0 Å². The van der Waals surface area contributed by atoms with Gasteiger partial charge >= 0.3 is 0 Å².